The lowest BCUT2D eigenvalue weighted by molar-refractivity contribution is 0.216. The van der Waals surface area contributed by atoms with E-state index in [2.05, 4.69) is 5.32 Å². The number of halogens is 1. The average molecular weight is 269 g/mol. The summed E-state index contributed by atoms with van der Waals surface area (Å²) in [6.45, 7) is 2.89. The smallest absolute Gasteiger partial charge is 0.321 e. The van der Waals surface area contributed by atoms with E-state index >= 15 is 0 Å². The van der Waals surface area contributed by atoms with E-state index in [4.69, 9.17) is 18.0 Å². The molecular weight excluding hydrogens is 253 g/mol. The van der Waals surface area contributed by atoms with Gasteiger partial charge in [0, 0.05) is 25.2 Å². The Hall–Kier alpha value is -1.69. The molecule has 0 fully saturated rings. The Morgan fingerprint density at radius 3 is 2.56 bits per heavy atom. The van der Waals surface area contributed by atoms with Crippen molar-refractivity contribution in [2.45, 2.75) is 13.3 Å². The molecule has 0 aliphatic rings. The first-order chi connectivity index (χ1) is 8.52. The highest BCUT2D eigenvalue weighted by Gasteiger charge is 2.11. The lowest BCUT2D eigenvalue weighted by atomic mass is 10.3. The van der Waals surface area contributed by atoms with Crippen molar-refractivity contribution in [3.05, 3.63) is 30.1 Å². The van der Waals surface area contributed by atoms with Gasteiger partial charge < -0.3 is 16.0 Å². The van der Waals surface area contributed by atoms with Crippen LogP contribution in [-0.4, -0.2) is 29.0 Å². The van der Waals surface area contributed by atoms with Crippen molar-refractivity contribution in [3.8, 4) is 0 Å². The van der Waals surface area contributed by atoms with Crippen LogP contribution in [0, 0.1) is 5.82 Å². The quantitative estimate of drug-likeness (QED) is 0.807. The van der Waals surface area contributed by atoms with E-state index in [9.17, 15) is 9.18 Å². The van der Waals surface area contributed by atoms with Crippen LogP contribution in [0.4, 0.5) is 14.9 Å². The topological polar surface area (TPSA) is 58.4 Å². The first-order valence-corrected chi connectivity index (χ1v) is 6.03. The Kier molecular flexibility index (Phi) is 5.51. The maximum atomic E-state index is 12.7. The van der Waals surface area contributed by atoms with Crippen molar-refractivity contribution in [2.75, 3.05) is 18.4 Å². The number of benzene rings is 1. The first kappa shape index (κ1) is 14.4. The summed E-state index contributed by atoms with van der Waals surface area (Å²) in [4.78, 5) is 13.8. The Balaban J connectivity index is 2.56. The highest BCUT2D eigenvalue weighted by Crippen LogP contribution is 2.09. The molecule has 2 amide bonds. The standard InChI is InChI=1S/C12H16FN3OS/c1-2-16(8-7-11(14)18)12(17)15-10-5-3-9(13)4-6-10/h3-6H,2,7-8H2,1H3,(H2,14,18)(H,15,17). The number of hydrogen-bond acceptors (Lipinski definition) is 2. The zero-order valence-electron chi connectivity index (χ0n) is 10.1. The minimum absolute atomic E-state index is 0.250. The second-order valence-corrected chi connectivity index (χ2v) is 4.26. The number of anilines is 1. The second kappa shape index (κ2) is 6.90. The molecule has 0 spiro atoms. The summed E-state index contributed by atoms with van der Waals surface area (Å²) < 4.78 is 12.7. The fourth-order valence-electron chi connectivity index (χ4n) is 1.38. The van der Waals surface area contributed by atoms with Crippen LogP contribution in [0.3, 0.4) is 0 Å². The zero-order chi connectivity index (χ0) is 13.5. The number of amides is 2. The molecule has 0 radical (unpaired) electrons. The molecule has 0 heterocycles. The largest absolute Gasteiger partial charge is 0.393 e. The number of hydrogen-bond donors (Lipinski definition) is 2. The summed E-state index contributed by atoms with van der Waals surface area (Å²) in [5.41, 5.74) is 5.95. The maximum absolute atomic E-state index is 12.7. The molecule has 0 atom stereocenters. The van der Waals surface area contributed by atoms with Crippen LogP contribution >= 0.6 is 12.2 Å². The molecule has 0 aliphatic carbocycles. The number of rotatable bonds is 5. The minimum atomic E-state index is -0.339. The van der Waals surface area contributed by atoms with Gasteiger partial charge in [-0.3, -0.25) is 0 Å². The number of carbonyl (C=O) groups is 1. The van der Waals surface area contributed by atoms with E-state index in [1.807, 2.05) is 6.92 Å². The van der Waals surface area contributed by atoms with Crippen LogP contribution in [0.1, 0.15) is 13.3 Å². The fraction of sp³-hybridized carbons (Fsp3) is 0.333. The first-order valence-electron chi connectivity index (χ1n) is 5.62. The Labute approximate surface area is 111 Å². The van der Waals surface area contributed by atoms with Crippen LogP contribution in [0.15, 0.2) is 24.3 Å². The molecule has 1 aromatic carbocycles. The molecule has 98 valence electrons. The predicted octanol–water partition coefficient (Wildman–Crippen LogP) is 2.36. The van der Waals surface area contributed by atoms with Crippen molar-refractivity contribution in [1.82, 2.24) is 4.90 Å². The molecule has 0 aliphatic heterocycles. The molecule has 4 nitrogen and oxygen atoms in total. The van der Waals surface area contributed by atoms with Crippen LogP contribution in [0.25, 0.3) is 0 Å². The number of thiocarbonyl (C=S) groups is 1. The van der Waals surface area contributed by atoms with Crippen LogP contribution < -0.4 is 11.1 Å². The van der Waals surface area contributed by atoms with Gasteiger partial charge in [-0.2, -0.15) is 0 Å². The van der Waals surface area contributed by atoms with Crippen LogP contribution in [-0.2, 0) is 0 Å². The molecule has 1 aromatic rings. The maximum Gasteiger partial charge on any atom is 0.321 e. The van der Waals surface area contributed by atoms with Gasteiger partial charge in [-0.15, -0.1) is 0 Å². The second-order valence-electron chi connectivity index (χ2n) is 3.73. The summed E-state index contributed by atoms with van der Waals surface area (Å²) in [7, 11) is 0. The molecule has 6 heteroatoms. The van der Waals surface area contributed by atoms with E-state index in [0.717, 1.165) is 0 Å². The summed E-state index contributed by atoms with van der Waals surface area (Å²) >= 11 is 4.77. The van der Waals surface area contributed by atoms with E-state index in [0.29, 0.717) is 30.2 Å². The van der Waals surface area contributed by atoms with E-state index in [-0.39, 0.29) is 11.8 Å². The van der Waals surface area contributed by atoms with Gasteiger partial charge in [-0.25, -0.2) is 9.18 Å². The predicted molar refractivity (Wildman–Crippen MR) is 74.1 cm³/mol. The summed E-state index contributed by atoms with van der Waals surface area (Å²) in [5.74, 6) is -0.339. The van der Waals surface area contributed by atoms with Gasteiger partial charge in [0.1, 0.15) is 5.82 Å². The van der Waals surface area contributed by atoms with Gasteiger partial charge in [0.15, 0.2) is 0 Å². The van der Waals surface area contributed by atoms with E-state index < -0.39 is 0 Å². The average Bonchev–Trinajstić information content (AvgIpc) is 2.32. The third kappa shape index (κ3) is 4.67. The number of carbonyl (C=O) groups excluding carboxylic acids is 1. The number of nitrogens with one attached hydrogen (secondary N) is 1. The van der Waals surface area contributed by atoms with Crippen LogP contribution in [0.5, 0.6) is 0 Å². The molecular formula is C12H16FN3OS. The fourth-order valence-corrected chi connectivity index (χ4v) is 1.48. The summed E-state index contributed by atoms with van der Waals surface area (Å²) in [5, 5.41) is 2.68. The normalized spacial score (nSPS) is 9.89. The highest BCUT2D eigenvalue weighted by atomic mass is 32.1. The molecule has 0 saturated carbocycles. The molecule has 1 rings (SSSR count). The van der Waals surface area contributed by atoms with Crippen molar-refractivity contribution < 1.29 is 9.18 Å². The lowest BCUT2D eigenvalue weighted by Gasteiger charge is -2.21. The van der Waals surface area contributed by atoms with Crippen molar-refractivity contribution >= 4 is 28.9 Å². The van der Waals surface area contributed by atoms with Crippen molar-refractivity contribution in [3.63, 3.8) is 0 Å². The van der Waals surface area contributed by atoms with Gasteiger partial charge in [0.25, 0.3) is 0 Å². The van der Waals surface area contributed by atoms with E-state index in [1.165, 1.54) is 24.3 Å². The molecule has 18 heavy (non-hydrogen) atoms. The van der Waals surface area contributed by atoms with Gasteiger partial charge in [-0.1, -0.05) is 12.2 Å². The lowest BCUT2D eigenvalue weighted by Crippen LogP contribution is -2.36. The molecule has 0 saturated heterocycles. The summed E-state index contributed by atoms with van der Waals surface area (Å²) in [6, 6.07) is 5.35. The highest BCUT2D eigenvalue weighted by molar-refractivity contribution is 7.80. The monoisotopic (exact) mass is 269 g/mol. The number of nitrogens with two attached hydrogens (primary N) is 1. The Morgan fingerprint density at radius 1 is 1.44 bits per heavy atom. The van der Waals surface area contributed by atoms with Crippen molar-refractivity contribution in [1.29, 1.82) is 0 Å². The van der Waals surface area contributed by atoms with Gasteiger partial charge in [-0.05, 0) is 31.2 Å². The Bertz CT molecular complexity index is 422. The molecule has 0 aromatic heterocycles. The number of urea groups is 1. The summed E-state index contributed by atoms with van der Waals surface area (Å²) in [6.07, 6.45) is 0.486. The number of nitrogens with zero attached hydrogens (tertiary/aromatic N) is 1. The third-order valence-electron chi connectivity index (χ3n) is 2.39. The SMILES string of the molecule is CCN(CCC(N)=S)C(=O)Nc1ccc(F)cc1. The Morgan fingerprint density at radius 2 is 2.06 bits per heavy atom. The van der Waals surface area contributed by atoms with Gasteiger partial charge in [0.2, 0.25) is 0 Å². The van der Waals surface area contributed by atoms with Gasteiger partial charge in [0.05, 0.1) is 4.99 Å². The van der Waals surface area contributed by atoms with Crippen molar-refractivity contribution in [2.24, 2.45) is 5.73 Å². The zero-order valence-corrected chi connectivity index (χ0v) is 11.0. The molecule has 0 bridgehead atoms. The minimum Gasteiger partial charge on any atom is -0.393 e. The van der Waals surface area contributed by atoms with E-state index in [1.54, 1.807) is 4.90 Å². The third-order valence-corrected chi connectivity index (χ3v) is 2.60. The van der Waals surface area contributed by atoms with Gasteiger partial charge >= 0.3 is 6.03 Å². The molecule has 0 unspecified atom stereocenters. The molecule has 3 N–H and O–H groups in total. The van der Waals surface area contributed by atoms with Crippen LogP contribution in [0.2, 0.25) is 0 Å².